The summed E-state index contributed by atoms with van der Waals surface area (Å²) in [5, 5.41) is 12.5. The molecule has 0 aromatic heterocycles. The molecule has 0 spiro atoms. The second-order valence-electron chi connectivity index (χ2n) is 5.45. The number of nitrogens with one attached hydrogen (secondary N) is 1. The average molecular weight is 287 g/mol. The summed E-state index contributed by atoms with van der Waals surface area (Å²) < 4.78 is 18.5. The van der Waals surface area contributed by atoms with Gasteiger partial charge in [0.15, 0.2) is 11.6 Å². The Morgan fingerprint density at radius 2 is 2.00 bits per heavy atom. The molecule has 0 heterocycles. The quantitative estimate of drug-likeness (QED) is 0.838. The van der Waals surface area contributed by atoms with Crippen LogP contribution in [0.4, 0.5) is 10.1 Å². The third-order valence-corrected chi connectivity index (χ3v) is 4.02. The van der Waals surface area contributed by atoms with Crippen LogP contribution in [-0.4, -0.2) is 18.3 Å². The van der Waals surface area contributed by atoms with Gasteiger partial charge in [-0.1, -0.05) is 12.1 Å². The minimum atomic E-state index is -0.594. The summed E-state index contributed by atoms with van der Waals surface area (Å²) in [4.78, 5) is 0. The fourth-order valence-electron chi connectivity index (χ4n) is 2.74. The molecule has 2 N–H and O–H groups in total. The van der Waals surface area contributed by atoms with E-state index in [1.807, 2.05) is 12.1 Å². The molecule has 2 aromatic rings. The van der Waals surface area contributed by atoms with Gasteiger partial charge in [0, 0.05) is 17.8 Å². The van der Waals surface area contributed by atoms with Gasteiger partial charge in [-0.3, -0.25) is 0 Å². The number of rotatable bonds is 4. The summed E-state index contributed by atoms with van der Waals surface area (Å²) in [7, 11) is 1.67. The smallest absolute Gasteiger partial charge is 0.166 e. The molecule has 0 saturated heterocycles. The van der Waals surface area contributed by atoms with Gasteiger partial charge in [-0.05, 0) is 48.6 Å². The number of halogens is 1. The summed E-state index contributed by atoms with van der Waals surface area (Å²) in [6, 6.07) is 12.9. The van der Waals surface area contributed by atoms with Gasteiger partial charge in [0.25, 0.3) is 0 Å². The maximum atomic E-state index is 13.3. The normalized spacial score (nSPS) is 20.7. The first-order chi connectivity index (χ1) is 10.2. The van der Waals surface area contributed by atoms with Crippen LogP contribution >= 0.6 is 0 Å². The molecule has 0 bridgehead atoms. The molecule has 1 saturated carbocycles. The Bertz CT molecular complexity index is 638. The third-order valence-electron chi connectivity index (χ3n) is 4.02. The summed E-state index contributed by atoms with van der Waals surface area (Å²) >= 11 is 0. The Labute approximate surface area is 123 Å². The van der Waals surface area contributed by atoms with E-state index < -0.39 is 5.82 Å². The SMILES string of the molecule is COc1cccc(C2CC(Nc3ccc(O)c(F)c3)C2)c1. The molecule has 0 unspecified atom stereocenters. The Balaban J connectivity index is 1.59. The number of phenolic OH excluding ortho intramolecular Hbond substituents is 1. The molecule has 4 heteroatoms. The highest BCUT2D eigenvalue weighted by molar-refractivity contribution is 5.48. The Hall–Kier alpha value is -2.23. The van der Waals surface area contributed by atoms with E-state index in [1.165, 1.54) is 17.7 Å². The van der Waals surface area contributed by atoms with Crippen LogP contribution in [0.15, 0.2) is 42.5 Å². The van der Waals surface area contributed by atoms with E-state index in [1.54, 1.807) is 13.2 Å². The van der Waals surface area contributed by atoms with Gasteiger partial charge in [-0.15, -0.1) is 0 Å². The number of ether oxygens (including phenoxy) is 1. The lowest BCUT2D eigenvalue weighted by Crippen LogP contribution is -2.34. The lowest BCUT2D eigenvalue weighted by molar-refractivity contribution is 0.370. The van der Waals surface area contributed by atoms with Gasteiger partial charge in [-0.25, -0.2) is 4.39 Å². The molecule has 0 atom stereocenters. The second-order valence-corrected chi connectivity index (χ2v) is 5.45. The zero-order valence-electron chi connectivity index (χ0n) is 11.8. The highest BCUT2D eigenvalue weighted by Gasteiger charge is 2.30. The van der Waals surface area contributed by atoms with Gasteiger partial charge < -0.3 is 15.2 Å². The highest BCUT2D eigenvalue weighted by atomic mass is 19.1. The predicted molar refractivity (Wildman–Crippen MR) is 80.4 cm³/mol. The van der Waals surface area contributed by atoms with Crippen LogP contribution in [0.25, 0.3) is 0 Å². The molecule has 21 heavy (non-hydrogen) atoms. The number of aromatic hydroxyl groups is 1. The van der Waals surface area contributed by atoms with Crippen molar-refractivity contribution in [3.05, 3.63) is 53.8 Å². The van der Waals surface area contributed by atoms with Crippen molar-refractivity contribution in [2.24, 2.45) is 0 Å². The fraction of sp³-hybridized carbons (Fsp3) is 0.294. The van der Waals surface area contributed by atoms with E-state index in [4.69, 9.17) is 4.74 Å². The fourth-order valence-corrected chi connectivity index (χ4v) is 2.74. The summed E-state index contributed by atoms with van der Waals surface area (Å²) in [6.07, 6.45) is 2.02. The Morgan fingerprint density at radius 1 is 1.19 bits per heavy atom. The molecule has 0 aliphatic heterocycles. The van der Waals surface area contributed by atoms with Crippen LogP contribution < -0.4 is 10.1 Å². The van der Waals surface area contributed by atoms with E-state index >= 15 is 0 Å². The van der Waals surface area contributed by atoms with Crippen molar-refractivity contribution >= 4 is 5.69 Å². The maximum absolute atomic E-state index is 13.3. The van der Waals surface area contributed by atoms with E-state index in [0.29, 0.717) is 17.6 Å². The van der Waals surface area contributed by atoms with Crippen LogP contribution in [-0.2, 0) is 0 Å². The lowest BCUT2D eigenvalue weighted by Gasteiger charge is -2.37. The minimum Gasteiger partial charge on any atom is -0.505 e. The Kier molecular flexibility index (Phi) is 3.69. The first kappa shape index (κ1) is 13.7. The van der Waals surface area contributed by atoms with Crippen molar-refractivity contribution < 1.29 is 14.2 Å². The third kappa shape index (κ3) is 2.94. The first-order valence-electron chi connectivity index (χ1n) is 7.04. The van der Waals surface area contributed by atoms with Crippen LogP contribution in [0, 0.1) is 5.82 Å². The Morgan fingerprint density at radius 3 is 2.71 bits per heavy atom. The second kappa shape index (κ2) is 5.64. The molecule has 1 fully saturated rings. The average Bonchev–Trinajstić information content (AvgIpc) is 2.46. The van der Waals surface area contributed by atoms with Crippen LogP contribution in [0.1, 0.15) is 24.3 Å². The van der Waals surface area contributed by atoms with Crippen molar-refractivity contribution in [1.29, 1.82) is 0 Å². The lowest BCUT2D eigenvalue weighted by atomic mass is 9.76. The number of hydrogen-bond donors (Lipinski definition) is 2. The number of phenols is 1. The minimum absolute atomic E-state index is 0.316. The molecule has 0 radical (unpaired) electrons. The van der Waals surface area contributed by atoms with E-state index in [0.717, 1.165) is 18.6 Å². The zero-order chi connectivity index (χ0) is 14.8. The standard InChI is InChI=1S/C17H18FNO2/c1-21-15-4-2-3-11(9-15)12-7-14(8-12)19-13-5-6-17(20)16(18)10-13/h2-6,9-10,12,14,19-20H,7-8H2,1H3. The molecule has 3 nitrogen and oxygen atoms in total. The molecule has 1 aliphatic carbocycles. The predicted octanol–water partition coefficient (Wildman–Crippen LogP) is 3.90. The van der Waals surface area contributed by atoms with Crippen molar-refractivity contribution in [1.82, 2.24) is 0 Å². The van der Waals surface area contributed by atoms with Crippen molar-refractivity contribution in [2.75, 3.05) is 12.4 Å². The summed E-state index contributed by atoms with van der Waals surface area (Å²) in [5.74, 6) is 0.483. The maximum Gasteiger partial charge on any atom is 0.166 e. The van der Waals surface area contributed by atoms with Crippen LogP contribution in [0.2, 0.25) is 0 Å². The van der Waals surface area contributed by atoms with Crippen molar-refractivity contribution in [2.45, 2.75) is 24.8 Å². The summed E-state index contributed by atoms with van der Waals surface area (Å²) in [6.45, 7) is 0. The molecule has 110 valence electrons. The molecule has 1 aliphatic rings. The van der Waals surface area contributed by atoms with Crippen molar-refractivity contribution in [3.63, 3.8) is 0 Å². The van der Waals surface area contributed by atoms with Crippen LogP contribution in [0.3, 0.4) is 0 Å². The van der Waals surface area contributed by atoms with Gasteiger partial charge in [-0.2, -0.15) is 0 Å². The number of anilines is 1. The molecule has 2 aromatic carbocycles. The van der Waals surface area contributed by atoms with Gasteiger partial charge in [0.2, 0.25) is 0 Å². The zero-order valence-corrected chi connectivity index (χ0v) is 11.8. The number of methoxy groups -OCH3 is 1. The van der Waals surface area contributed by atoms with E-state index in [2.05, 4.69) is 17.4 Å². The monoisotopic (exact) mass is 287 g/mol. The van der Waals surface area contributed by atoms with Crippen molar-refractivity contribution in [3.8, 4) is 11.5 Å². The van der Waals surface area contributed by atoms with E-state index in [-0.39, 0.29) is 5.75 Å². The van der Waals surface area contributed by atoms with E-state index in [9.17, 15) is 9.50 Å². The first-order valence-corrected chi connectivity index (χ1v) is 7.04. The summed E-state index contributed by atoms with van der Waals surface area (Å²) in [5.41, 5.74) is 1.99. The molecule has 3 rings (SSSR count). The number of benzene rings is 2. The van der Waals surface area contributed by atoms with Crippen LogP contribution in [0.5, 0.6) is 11.5 Å². The van der Waals surface area contributed by atoms with Gasteiger partial charge in [0.1, 0.15) is 5.75 Å². The molecular weight excluding hydrogens is 269 g/mol. The van der Waals surface area contributed by atoms with Gasteiger partial charge >= 0.3 is 0 Å². The number of hydrogen-bond acceptors (Lipinski definition) is 3. The largest absolute Gasteiger partial charge is 0.505 e. The highest BCUT2D eigenvalue weighted by Crippen LogP contribution is 2.39. The molecular formula is C17H18FNO2. The van der Waals surface area contributed by atoms with Gasteiger partial charge in [0.05, 0.1) is 7.11 Å². The molecule has 0 amide bonds. The topological polar surface area (TPSA) is 41.5 Å².